The van der Waals surface area contributed by atoms with Crippen molar-refractivity contribution in [1.82, 2.24) is 20.3 Å². The van der Waals surface area contributed by atoms with Crippen LogP contribution in [-0.2, 0) is 0 Å². The SMILES string of the molecule is Cc1cc(C)cc(-c2c(OCC[C@@H]3CCCCN3)c3cc(NC(=O)c4ccncn4)c(Cl)cc3[nH]c2=O)c1. The van der Waals surface area contributed by atoms with Crippen molar-refractivity contribution in [3.8, 4) is 16.9 Å². The molecule has 1 saturated heterocycles. The number of fused-ring (bicyclic) bond motifs is 1. The number of aromatic nitrogens is 3. The van der Waals surface area contributed by atoms with Gasteiger partial charge in [-0.05, 0) is 63.4 Å². The summed E-state index contributed by atoms with van der Waals surface area (Å²) in [7, 11) is 0. The first-order chi connectivity index (χ1) is 18.4. The Labute approximate surface area is 225 Å². The summed E-state index contributed by atoms with van der Waals surface area (Å²) >= 11 is 6.53. The maximum Gasteiger partial charge on any atom is 0.274 e. The minimum absolute atomic E-state index is 0.213. The third-order valence-electron chi connectivity index (χ3n) is 6.75. The lowest BCUT2D eigenvalue weighted by Crippen LogP contribution is -2.35. The third-order valence-corrected chi connectivity index (χ3v) is 7.07. The van der Waals surface area contributed by atoms with Gasteiger partial charge in [0.05, 0.1) is 28.4 Å². The molecule has 1 atom stereocenters. The summed E-state index contributed by atoms with van der Waals surface area (Å²) in [6.07, 6.45) is 7.14. The number of carbonyl (C=O) groups is 1. The van der Waals surface area contributed by atoms with Crippen molar-refractivity contribution in [1.29, 1.82) is 0 Å². The molecule has 1 fully saturated rings. The first-order valence-corrected chi connectivity index (χ1v) is 13.2. The van der Waals surface area contributed by atoms with Crippen molar-refractivity contribution in [2.24, 2.45) is 0 Å². The molecule has 0 spiro atoms. The van der Waals surface area contributed by atoms with Gasteiger partial charge in [-0.25, -0.2) is 9.97 Å². The molecule has 1 aliphatic heterocycles. The number of piperidine rings is 1. The highest BCUT2D eigenvalue weighted by Gasteiger charge is 2.21. The van der Waals surface area contributed by atoms with Crippen molar-refractivity contribution < 1.29 is 9.53 Å². The summed E-state index contributed by atoms with van der Waals surface area (Å²) in [5.74, 6) is 0.0530. The molecule has 0 aliphatic carbocycles. The van der Waals surface area contributed by atoms with Crippen LogP contribution in [0.1, 0.15) is 47.3 Å². The molecule has 3 N–H and O–H groups in total. The summed E-state index contributed by atoms with van der Waals surface area (Å²) < 4.78 is 6.42. The molecular formula is C29H30ClN5O3. The van der Waals surface area contributed by atoms with E-state index >= 15 is 0 Å². The maximum absolute atomic E-state index is 13.4. The Balaban J connectivity index is 1.59. The van der Waals surface area contributed by atoms with Crippen LogP contribution in [0, 0.1) is 13.8 Å². The number of H-pyrrole nitrogens is 1. The van der Waals surface area contributed by atoms with Gasteiger partial charge in [-0.3, -0.25) is 9.59 Å². The van der Waals surface area contributed by atoms with Crippen LogP contribution in [0.5, 0.6) is 5.75 Å². The Morgan fingerprint density at radius 3 is 2.68 bits per heavy atom. The Kier molecular flexibility index (Phi) is 7.72. The number of pyridine rings is 1. The Bertz CT molecular complexity index is 1510. The fourth-order valence-electron chi connectivity index (χ4n) is 5.00. The van der Waals surface area contributed by atoms with E-state index in [1.165, 1.54) is 31.4 Å². The van der Waals surface area contributed by atoms with Crippen LogP contribution >= 0.6 is 11.6 Å². The summed E-state index contributed by atoms with van der Waals surface area (Å²) in [4.78, 5) is 37.0. The lowest BCUT2D eigenvalue weighted by molar-refractivity contribution is 0.102. The quantitative estimate of drug-likeness (QED) is 0.294. The number of amides is 1. The molecule has 0 unspecified atom stereocenters. The van der Waals surface area contributed by atoms with Gasteiger partial charge in [0.25, 0.3) is 11.5 Å². The molecular weight excluding hydrogens is 502 g/mol. The van der Waals surface area contributed by atoms with Gasteiger partial charge in [0.1, 0.15) is 17.8 Å². The van der Waals surface area contributed by atoms with E-state index in [4.69, 9.17) is 16.3 Å². The number of anilines is 1. The molecule has 3 heterocycles. The van der Waals surface area contributed by atoms with Crippen molar-refractivity contribution in [3.63, 3.8) is 0 Å². The molecule has 9 heteroatoms. The lowest BCUT2D eigenvalue weighted by Gasteiger charge is -2.24. The van der Waals surface area contributed by atoms with Gasteiger partial charge < -0.3 is 20.4 Å². The predicted molar refractivity (Wildman–Crippen MR) is 150 cm³/mol. The second-order valence-electron chi connectivity index (χ2n) is 9.74. The summed E-state index contributed by atoms with van der Waals surface area (Å²) in [5, 5.41) is 7.31. The molecule has 5 rings (SSSR count). The molecule has 1 amide bonds. The predicted octanol–water partition coefficient (Wildman–Crippen LogP) is 5.42. The fraction of sp³-hybridized carbons (Fsp3) is 0.310. The van der Waals surface area contributed by atoms with Gasteiger partial charge in [-0.15, -0.1) is 0 Å². The molecule has 1 aliphatic rings. The van der Waals surface area contributed by atoms with E-state index < -0.39 is 5.91 Å². The minimum atomic E-state index is -0.418. The van der Waals surface area contributed by atoms with E-state index in [0.29, 0.717) is 40.6 Å². The van der Waals surface area contributed by atoms with Crippen LogP contribution in [0.4, 0.5) is 5.69 Å². The molecule has 8 nitrogen and oxygen atoms in total. The number of halogens is 1. The number of nitrogens with zero attached hydrogens (tertiary/aromatic N) is 2. The number of hydrogen-bond donors (Lipinski definition) is 3. The van der Waals surface area contributed by atoms with Crippen LogP contribution in [-0.4, -0.2) is 40.1 Å². The zero-order valence-electron chi connectivity index (χ0n) is 21.4. The number of benzene rings is 2. The van der Waals surface area contributed by atoms with Crippen LogP contribution < -0.4 is 20.9 Å². The highest BCUT2D eigenvalue weighted by atomic mass is 35.5. The number of rotatable bonds is 7. The van der Waals surface area contributed by atoms with Crippen LogP contribution in [0.2, 0.25) is 5.02 Å². The Hall–Kier alpha value is -3.75. The van der Waals surface area contributed by atoms with Gasteiger partial charge in [0, 0.05) is 17.6 Å². The van der Waals surface area contributed by atoms with Gasteiger partial charge in [-0.1, -0.05) is 47.3 Å². The number of aryl methyl sites for hydroxylation is 2. The number of carbonyl (C=O) groups excluding carboxylic acids is 1. The van der Waals surface area contributed by atoms with E-state index in [0.717, 1.165) is 36.1 Å². The fourth-order valence-corrected chi connectivity index (χ4v) is 5.21. The van der Waals surface area contributed by atoms with Gasteiger partial charge in [0.2, 0.25) is 0 Å². The molecule has 38 heavy (non-hydrogen) atoms. The van der Waals surface area contributed by atoms with Gasteiger partial charge >= 0.3 is 0 Å². The number of aromatic amines is 1. The largest absolute Gasteiger partial charge is 0.492 e. The second-order valence-corrected chi connectivity index (χ2v) is 10.2. The van der Waals surface area contributed by atoms with Crippen molar-refractivity contribution in [3.05, 3.63) is 81.1 Å². The number of nitrogens with one attached hydrogen (secondary N) is 3. The first kappa shape index (κ1) is 25.9. The molecule has 0 bridgehead atoms. The second kappa shape index (κ2) is 11.3. The van der Waals surface area contributed by atoms with Crippen LogP contribution in [0.3, 0.4) is 0 Å². The normalized spacial score (nSPS) is 15.4. The van der Waals surface area contributed by atoms with Gasteiger partial charge in [-0.2, -0.15) is 0 Å². The average Bonchev–Trinajstić information content (AvgIpc) is 2.90. The summed E-state index contributed by atoms with van der Waals surface area (Å²) in [5.41, 5.74) is 4.19. The van der Waals surface area contributed by atoms with Crippen molar-refractivity contribution in [2.75, 3.05) is 18.5 Å². The highest BCUT2D eigenvalue weighted by molar-refractivity contribution is 6.34. The zero-order chi connectivity index (χ0) is 26.6. The topological polar surface area (TPSA) is 109 Å². The Morgan fingerprint density at radius 1 is 1.16 bits per heavy atom. The van der Waals surface area contributed by atoms with Crippen molar-refractivity contribution >= 4 is 34.1 Å². The third kappa shape index (κ3) is 5.71. The van der Waals surface area contributed by atoms with E-state index in [1.807, 2.05) is 26.0 Å². The lowest BCUT2D eigenvalue weighted by atomic mass is 9.99. The molecule has 196 valence electrons. The van der Waals surface area contributed by atoms with E-state index in [2.05, 4.69) is 31.7 Å². The van der Waals surface area contributed by atoms with E-state index in [9.17, 15) is 9.59 Å². The first-order valence-electron chi connectivity index (χ1n) is 12.8. The van der Waals surface area contributed by atoms with Crippen LogP contribution in [0.15, 0.2) is 53.7 Å². The number of ether oxygens (including phenoxy) is 1. The minimum Gasteiger partial charge on any atom is -0.492 e. The van der Waals surface area contributed by atoms with E-state index in [1.54, 1.807) is 12.1 Å². The van der Waals surface area contributed by atoms with Crippen molar-refractivity contribution in [2.45, 2.75) is 45.6 Å². The number of hydrogen-bond acceptors (Lipinski definition) is 6. The standard InChI is InChI=1S/C29H30ClN5O3/c1-17-11-18(2)13-19(12-17)26-27(38-10-7-20-5-3-4-8-32-20)21-14-25(22(30)15-24(21)34-29(26)37)35-28(36)23-6-9-31-16-33-23/h6,9,11-16,20,32H,3-5,7-8,10H2,1-2H3,(H,34,37)(H,35,36)/t20-/m0/s1. The molecule has 4 aromatic rings. The van der Waals surface area contributed by atoms with Gasteiger partial charge in [0.15, 0.2) is 0 Å². The zero-order valence-corrected chi connectivity index (χ0v) is 22.2. The van der Waals surface area contributed by atoms with Crippen LogP contribution in [0.25, 0.3) is 22.0 Å². The average molecular weight is 532 g/mol. The highest BCUT2D eigenvalue weighted by Crippen LogP contribution is 2.38. The Morgan fingerprint density at radius 2 is 1.97 bits per heavy atom. The monoisotopic (exact) mass is 531 g/mol. The molecule has 2 aromatic heterocycles. The smallest absolute Gasteiger partial charge is 0.274 e. The molecule has 0 saturated carbocycles. The molecule has 0 radical (unpaired) electrons. The summed E-state index contributed by atoms with van der Waals surface area (Å²) in [6, 6.07) is 11.3. The maximum atomic E-state index is 13.4. The van der Waals surface area contributed by atoms with E-state index in [-0.39, 0.29) is 16.3 Å². The molecule has 2 aromatic carbocycles. The summed E-state index contributed by atoms with van der Waals surface area (Å²) in [6.45, 7) is 5.46.